The van der Waals surface area contributed by atoms with E-state index in [0.717, 1.165) is 10.8 Å². The zero-order chi connectivity index (χ0) is 19.5. The fourth-order valence-corrected chi connectivity index (χ4v) is 4.00. The molecule has 0 bridgehead atoms. The molecular weight excluding hydrogens is 352 g/mol. The summed E-state index contributed by atoms with van der Waals surface area (Å²) >= 11 is 0. The highest BCUT2D eigenvalue weighted by atomic mass is 32.2. The standard InChI is InChI=1S/C19H24N2O4S/c1-13(2)21(14(3)4)19(23)12-18(22)20-26(24,25)17-10-9-15-7-5-6-8-16(15)11-17/h5-11,13-14H,12H2,1-4H3,(H,20,22). The summed E-state index contributed by atoms with van der Waals surface area (Å²) in [6, 6.07) is 11.8. The lowest BCUT2D eigenvalue weighted by atomic mass is 10.1. The maximum atomic E-state index is 12.4. The molecule has 2 amide bonds. The van der Waals surface area contributed by atoms with Crippen molar-refractivity contribution in [2.75, 3.05) is 0 Å². The van der Waals surface area contributed by atoms with Crippen molar-refractivity contribution in [3.63, 3.8) is 0 Å². The average molecular weight is 376 g/mol. The molecule has 0 aliphatic carbocycles. The number of sulfonamides is 1. The van der Waals surface area contributed by atoms with Crippen LogP contribution in [-0.2, 0) is 19.6 Å². The lowest BCUT2D eigenvalue weighted by Gasteiger charge is -2.30. The van der Waals surface area contributed by atoms with Gasteiger partial charge in [0.25, 0.3) is 10.0 Å². The molecule has 1 N–H and O–H groups in total. The minimum absolute atomic E-state index is 0.0124. The molecule has 0 atom stereocenters. The second-order valence-electron chi connectivity index (χ2n) is 6.70. The molecule has 2 aromatic rings. The van der Waals surface area contributed by atoms with Gasteiger partial charge < -0.3 is 4.90 Å². The summed E-state index contributed by atoms with van der Waals surface area (Å²) in [5.74, 6) is -1.24. The van der Waals surface area contributed by atoms with Crippen LogP contribution in [-0.4, -0.2) is 37.2 Å². The molecule has 0 unspecified atom stereocenters. The number of benzene rings is 2. The van der Waals surface area contributed by atoms with Crippen LogP contribution in [0.5, 0.6) is 0 Å². The molecule has 6 nitrogen and oxygen atoms in total. The first-order valence-corrected chi connectivity index (χ1v) is 9.95. The smallest absolute Gasteiger partial charge is 0.264 e. The van der Waals surface area contributed by atoms with Crippen LogP contribution in [0.25, 0.3) is 10.8 Å². The summed E-state index contributed by atoms with van der Waals surface area (Å²) in [6.07, 6.45) is -0.511. The van der Waals surface area contributed by atoms with Gasteiger partial charge in [0, 0.05) is 12.1 Å². The van der Waals surface area contributed by atoms with Gasteiger partial charge in [0.15, 0.2) is 0 Å². The number of carbonyl (C=O) groups excluding carboxylic acids is 2. The number of nitrogens with zero attached hydrogens (tertiary/aromatic N) is 1. The first kappa shape index (κ1) is 19.9. The fourth-order valence-electron chi connectivity index (χ4n) is 2.98. The number of amides is 2. The number of carbonyl (C=O) groups is 2. The highest BCUT2D eigenvalue weighted by Crippen LogP contribution is 2.19. The summed E-state index contributed by atoms with van der Waals surface area (Å²) in [5, 5.41) is 1.65. The van der Waals surface area contributed by atoms with Crippen molar-refractivity contribution in [1.82, 2.24) is 9.62 Å². The number of hydrogen-bond donors (Lipinski definition) is 1. The maximum absolute atomic E-state index is 12.4. The predicted molar refractivity (Wildman–Crippen MR) is 101 cm³/mol. The van der Waals surface area contributed by atoms with Crippen molar-refractivity contribution in [3.8, 4) is 0 Å². The quantitative estimate of drug-likeness (QED) is 0.786. The van der Waals surface area contributed by atoms with Gasteiger partial charge in [0.1, 0.15) is 6.42 Å². The van der Waals surface area contributed by atoms with E-state index in [2.05, 4.69) is 0 Å². The lowest BCUT2D eigenvalue weighted by Crippen LogP contribution is -2.44. The van der Waals surface area contributed by atoms with E-state index >= 15 is 0 Å². The second-order valence-corrected chi connectivity index (χ2v) is 8.39. The van der Waals surface area contributed by atoms with E-state index in [1.165, 1.54) is 12.1 Å². The van der Waals surface area contributed by atoms with Gasteiger partial charge in [-0.05, 0) is 50.6 Å². The molecule has 0 aliphatic rings. The van der Waals surface area contributed by atoms with E-state index in [-0.39, 0.29) is 17.0 Å². The third-order valence-corrected chi connectivity index (χ3v) is 5.36. The Hall–Kier alpha value is -2.41. The number of hydrogen-bond acceptors (Lipinski definition) is 4. The van der Waals surface area contributed by atoms with Crippen LogP contribution in [0.2, 0.25) is 0 Å². The highest BCUT2D eigenvalue weighted by Gasteiger charge is 2.25. The molecule has 0 saturated heterocycles. The van der Waals surface area contributed by atoms with Crippen LogP contribution in [0.15, 0.2) is 47.4 Å². The topological polar surface area (TPSA) is 83.6 Å². The molecular formula is C19H24N2O4S. The first-order chi connectivity index (χ1) is 12.1. The minimum atomic E-state index is -4.03. The number of nitrogens with one attached hydrogen (secondary N) is 1. The van der Waals surface area contributed by atoms with Gasteiger partial charge in [-0.2, -0.15) is 0 Å². The van der Waals surface area contributed by atoms with E-state index in [9.17, 15) is 18.0 Å². The summed E-state index contributed by atoms with van der Waals surface area (Å²) in [5.41, 5.74) is 0. The molecule has 0 aromatic heterocycles. The van der Waals surface area contributed by atoms with Gasteiger partial charge in [0.05, 0.1) is 4.90 Å². The Bertz CT molecular complexity index is 912. The molecule has 0 heterocycles. The van der Waals surface area contributed by atoms with Crippen molar-refractivity contribution < 1.29 is 18.0 Å². The summed E-state index contributed by atoms with van der Waals surface area (Å²) in [4.78, 5) is 26.0. The Labute approximate surface area is 154 Å². The molecule has 2 rings (SSSR count). The van der Waals surface area contributed by atoms with E-state index in [4.69, 9.17) is 0 Å². The number of fused-ring (bicyclic) bond motifs is 1. The summed E-state index contributed by atoms with van der Waals surface area (Å²) in [6.45, 7) is 7.40. The highest BCUT2D eigenvalue weighted by molar-refractivity contribution is 7.90. The average Bonchev–Trinajstić information content (AvgIpc) is 2.52. The SMILES string of the molecule is CC(C)N(C(=O)CC(=O)NS(=O)(=O)c1ccc2ccccc2c1)C(C)C. The van der Waals surface area contributed by atoms with E-state index in [0.29, 0.717) is 0 Å². The first-order valence-electron chi connectivity index (χ1n) is 8.47. The van der Waals surface area contributed by atoms with E-state index in [1.807, 2.05) is 50.6 Å². The third kappa shape index (κ3) is 4.60. The maximum Gasteiger partial charge on any atom is 0.264 e. The Morgan fingerprint density at radius 2 is 1.54 bits per heavy atom. The van der Waals surface area contributed by atoms with Crippen LogP contribution in [0.4, 0.5) is 0 Å². The van der Waals surface area contributed by atoms with Crippen LogP contribution >= 0.6 is 0 Å². The predicted octanol–water partition coefficient (Wildman–Crippen LogP) is 2.68. The Morgan fingerprint density at radius 1 is 0.962 bits per heavy atom. The van der Waals surface area contributed by atoms with Gasteiger partial charge in [0.2, 0.25) is 11.8 Å². The summed E-state index contributed by atoms with van der Waals surface area (Å²) in [7, 11) is -4.03. The molecule has 0 fully saturated rings. The monoisotopic (exact) mass is 376 g/mol. The van der Waals surface area contributed by atoms with Gasteiger partial charge in [-0.3, -0.25) is 9.59 Å². The molecule has 0 radical (unpaired) electrons. The van der Waals surface area contributed by atoms with Crippen LogP contribution in [0.1, 0.15) is 34.1 Å². The Kier molecular flexibility index (Phi) is 6.02. The normalized spacial score (nSPS) is 11.8. The molecule has 0 spiro atoms. The zero-order valence-electron chi connectivity index (χ0n) is 15.4. The van der Waals surface area contributed by atoms with E-state index < -0.39 is 28.3 Å². The van der Waals surface area contributed by atoms with Crippen molar-refractivity contribution in [3.05, 3.63) is 42.5 Å². The Morgan fingerprint density at radius 3 is 2.12 bits per heavy atom. The van der Waals surface area contributed by atoms with Crippen LogP contribution in [0.3, 0.4) is 0 Å². The lowest BCUT2D eigenvalue weighted by molar-refractivity contribution is -0.138. The van der Waals surface area contributed by atoms with Gasteiger partial charge in [-0.1, -0.05) is 30.3 Å². The molecule has 0 aliphatic heterocycles. The largest absolute Gasteiger partial charge is 0.337 e. The van der Waals surface area contributed by atoms with Crippen molar-refractivity contribution in [2.45, 2.75) is 51.1 Å². The molecule has 7 heteroatoms. The molecule has 140 valence electrons. The van der Waals surface area contributed by atoms with Crippen LogP contribution < -0.4 is 4.72 Å². The van der Waals surface area contributed by atoms with Crippen LogP contribution in [0, 0.1) is 0 Å². The van der Waals surface area contributed by atoms with Crippen molar-refractivity contribution in [1.29, 1.82) is 0 Å². The van der Waals surface area contributed by atoms with E-state index in [1.54, 1.807) is 17.0 Å². The number of rotatable bonds is 6. The zero-order valence-corrected chi connectivity index (χ0v) is 16.2. The Balaban J connectivity index is 2.14. The molecule has 2 aromatic carbocycles. The van der Waals surface area contributed by atoms with Crippen molar-refractivity contribution >= 4 is 32.6 Å². The van der Waals surface area contributed by atoms with Gasteiger partial charge in [-0.25, -0.2) is 13.1 Å². The fraction of sp³-hybridized carbons (Fsp3) is 0.368. The van der Waals surface area contributed by atoms with Gasteiger partial charge >= 0.3 is 0 Å². The third-order valence-electron chi connectivity index (χ3n) is 3.99. The van der Waals surface area contributed by atoms with Gasteiger partial charge in [-0.15, -0.1) is 0 Å². The summed E-state index contributed by atoms with van der Waals surface area (Å²) < 4.78 is 26.9. The molecule has 26 heavy (non-hydrogen) atoms. The minimum Gasteiger partial charge on any atom is -0.337 e. The molecule has 0 saturated carbocycles. The second kappa shape index (κ2) is 7.86. The van der Waals surface area contributed by atoms with Crippen molar-refractivity contribution in [2.24, 2.45) is 0 Å².